The highest BCUT2D eigenvalue weighted by Gasteiger charge is 2.15. The second-order valence-corrected chi connectivity index (χ2v) is 5.34. The van der Waals surface area contributed by atoms with E-state index in [4.69, 9.17) is 4.42 Å². The van der Waals surface area contributed by atoms with Crippen LogP contribution in [0.4, 0.5) is 0 Å². The zero-order valence-electron chi connectivity index (χ0n) is 13.8. The van der Waals surface area contributed by atoms with Crippen LogP contribution in [0.1, 0.15) is 24.2 Å². The molecule has 2 aromatic carbocycles. The van der Waals surface area contributed by atoms with E-state index in [1.165, 1.54) is 0 Å². The Kier molecular flexibility index (Phi) is 4.70. The second kappa shape index (κ2) is 7.08. The van der Waals surface area contributed by atoms with Crippen molar-refractivity contribution in [2.45, 2.75) is 13.8 Å². The standard InChI is InChI=1S/C19H19N3O2/c1-3-22(4-2)19(23)16-12-8-11-15(13-16)18-21-20-17(24-18)14-9-6-5-7-10-14/h5-13H,3-4H2,1-2H3. The summed E-state index contributed by atoms with van der Waals surface area (Å²) in [5.74, 6) is 0.874. The SMILES string of the molecule is CCN(CC)C(=O)c1cccc(-c2nnc(-c3ccccc3)o2)c1. The van der Waals surface area contributed by atoms with Gasteiger partial charge in [0.05, 0.1) is 0 Å². The van der Waals surface area contributed by atoms with E-state index in [9.17, 15) is 4.79 Å². The molecule has 0 bridgehead atoms. The third-order valence-electron chi connectivity index (χ3n) is 3.85. The molecule has 0 aliphatic carbocycles. The van der Waals surface area contributed by atoms with Crippen molar-refractivity contribution >= 4 is 5.91 Å². The first-order valence-electron chi connectivity index (χ1n) is 8.01. The van der Waals surface area contributed by atoms with Gasteiger partial charge in [0, 0.05) is 29.8 Å². The summed E-state index contributed by atoms with van der Waals surface area (Å²) in [4.78, 5) is 14.3. The number of hydrogen-bond donors (Lipinski definition) is 0. The van der Waals surface area contributed by atoms with Crippen LogP contribution in [-0.2, 0) is 0 Å². The highest BCUT2D eigenvalue weighted by Crippen LogP contribution is 2.24. The minimum absolute atomic E-state index is 0.00430. The van der Waals surface area contributed by atoms with Gasteiger partial charge >= 0.3 is 0 Å². The molecule has 3 rings (SSSR count). The van der Waals surface area contributed by atoms with Crippen molar-refractivity contribution in [2.24, 2.45) is 0 Å². The monoisotopic (exact) mass is 321 g/mol. The molecule has 1 amide bonds. The fraction of sp³-hybridized carbons (Fsp3) is 0.211. The number of carbonyl (C=O) groups is 1. The van der Waals surface area contributed by atoms with Gasteiger partial charge in [-0.2, -0.15) is 0 Å². The molecule has 0 saturated carbocycles. The van der Waals surface area contributed by atoms with Crippen LogP contribution >= 0.6 is 0 Å². The van der Waals surface area contributed by atoms with E-state index in [2.05, 4.69) is 10.2 Å². The Labute approximate surface area is 140 Å². The molecule has 1 aromatic heterocycles. The van der Waals surface area contributed by atoms with Crippen molar-refractivity contribution in [1.82, 2.24) is 15.1 Å². The Hall–Kier alpha value is -2.95. The van der Waals surface area contributed by atoms with Crippen molar-refractivity contribution < 1.29 is 9.21 Å². The molecule has 0 unspecified atom stereocenters. The smallest absolute Gasteiger partial charge is 0.253 e. The van der Waals surface area contributed by atoms with Crippen LogP contribution in [-0.4, -0.2) is 34.1 Å². The molecule has 5 heteroatoms. The number of nitrogens with zero attached hydrogens (tertiary/aromatic N) is 3. The van der Waals surface area contributed by atoms with Gasteiger partial charge in [0.15, 0.2) is 0 Å². The predicted molar refractivity (Wildman–Crippen MR) is 92.4 cm³/mol. The van der Waals surface area contributed by atoms with Crippen molar-refractivity contribution in [3.8, 4) is 22.9 Å². The summed E-state index contributed by atoms with van der Waals surface area (Å²) in [6.07, 6.45) is 0. The molecule has 0 aliphatic heterocycles. The molecule has 122 valence electrons. The van der Waals surface area contributed by atoms with Gasteiger partial charge < -0.3 is 9.32 Å². The molecule has 0 saturated heterocycles. The molecule has 0 radical (unpaired) electrons. The van der Waals surface area contributed by atoms with Gasteiger partial charge in [-0.25, -0.2) is 0 Å². The molecule has 0 aliphatic rings. The van der Waals surface area contributed by atoms with Crippen LogP contribution < -0.4 is 0 Å². The summed E-state index contributed by atoms with van der Waals surface area (Å²) in [5.41, 5.74) is 2.23. The number of aromatic nitrogens is 2. The first-order valence-corrected chi connectivity index (χ1v) is 8.01. The largest absolute Gasteiger partial charge is 0.416 e. The van der Waals surface area contributed by atoms with Gasteiger partial charge in [0.25, 0.3) is 5.91 Å². The Morgan fingerprint density at radius 2 is 1.54 bits per heavy atom. The van der Waals surface area contributed by atoms with Crippen molar-refractivity contribution in [3.63, 3.8) is 0 Å². The maximum atomic E-state index is 12.5. The van der Waals surface area contributed by atoms with Crippen LogP contribution in [0.3, 0.4) is 0 Å². The van der Waals surface area contributed by atoms with Crippen LogP contribution in [0.5, 0.6) is 0 Å². The molecule has 24 heavy (non-hydrogen) atoms. The number of hydrogen-bond acceptors (Lipinski definition) is 4. The normalized spacial score (nSPS) is 10.6. The van der Waals surface area contributed by atoms with E-state index in [1.807, 2.05) is 56.3 Å². The van der Waals surface area contributed by atoms with Gasteiger partial charge in [0.1, 0.15) is 0 Å². The van der Waals surface area contributed by atoms with Crippen molar-refractivity contribution in [3.05, 3.63) is 60.2 Å². The summed E-state index contributed by atoms with van der Waals surface area (Å²) >= 11 is 0. The number of carbonyl (C=O) groups excluding carboxylic acids is 1. The van der Waals surface area contributed by atoms with Gasteiger partial charge in [-0.1, -0.05) is 24.3 Å². The first kappa shape index (κ1) is 15.9. The highest BCUT2D eigenvalue weighted by atomic mass is 16.4. The lowest BCUT2D eigenvalue weighted by atomic mass is 10.1. The maximum absolute atomic E-state index is 12.5. The van der Waals surface area contributed by atoms with Gasteiger partial charge in [-0.15, -0.1) is 10.2 Å². The van der Waals surface area contributed by atoms with E-state index < -0.39 is 0 Å². The molecule has 0 N–H and O–H groups in total. The fourth-order valence-corrected chi connectivity index (χ4v) is 2.52. The third kappa shape index (κ3) is 3.20. The molecule has 0 spiro atoms. The maximum Gasteiger partial charge on any atom is 0.253 e. The average Bonchev–Trinajstić information content (AvgIpc) is 3.14. The third-order valence-corrected chi connectivity index (χ3v) is 3.85. The van der Waals surface area contributed by atoms with E-state index in [1.54, 1.807) is 17.0 Å². The summed E-state index contributed by atoms with van der Waals surface area (Å²) < 4.78 is 5.76. The lowest BCUT2D eigenvalue weighted by Crippen LogP contribution is -2.30. The van der Waals surface area contributed by atoms with Gasteiger partial charge in [0.2, 0.25) is 11.8 Å². The Morgan fingerprint density at radius 3 is 2.21 bits per heavy atom. The Morgan fingerprint density at radius 1 is 0.917 bits per heavy atom. The zero-order valence-corrected chi connectivity index (χ0v) is 13.8. The van der Waals surface area contributed by atoms with E-state index >= 15 is 0 Å². The van der Waals surface area contributed by atoms with Crippen molar-refractivity contribution in [1.29, 1.82) is 0 Å². The van der Waals surface area contributed by atoms with E-state index in [0.717, 1.165) is 11.1 Å². The quantitative estimate of drug-likeness (QED) is 0.715. The molecule has 0 atom stereocenters. The average molecular weight is 321 g/mol. The molecule has 5 nitrogen and oxygen atoms in total. The lowest BCUT2D eigenvalue weighted by molar-refractivity contribution is 0.0773. The summed E-state index contributed by atoms with van der Waals surface area (Å²) in [6.45, 7) is 5.29. The zero-order chi connectivity index (χ0) is 16.9. The van der Waals surface area contributed by atoms with Crippen LogP contribution in [0.15, 0.2) is 59.0 Å². The molecule has 0 fully saturated rings. The molecular weight excluding hydrogens is 302 g/mol. The number of amides is 1. The molecule has 3 aromatic rings. The predicted octanol–water partition coefficient (Wildman–Crippen LogP) is 3.89. The molecule has 1 heterocycles. The van der Waals surface area contributed by atoms with Crippen LogP contribution in [0.25, 0.3) is 22.9 Å². The lowest BCUT2D eigenvalue weighted by Gasteiger charge is -2.18. The second-order valence-electron chi connectivity index (χ2n) is 5.34. The molecular formula is C19H19N3O2. The minimum Gasteiger partial charge on any atom is -0.416 e. The van der Waals surface area contributed by atoms with Crippen molar-refractivity contribution in [2.75, 3.05) is 13.1 Å². The Bertz CT molecular complexity index is 823. The number of benzene rings is 2. The summed E-state index contributed by atoms with van der Waals surface area (Å²) in [6, 6.07) is 16.9. The fourth-order valence-electron chi connectivity index (χ4n) is 2.52. The van der Waals surface area contributed by atoms with Crippen LogP contribution in [0, 0.1) is 0 Å². The van der Waals surface area contributed by atoms with E-state index in [0.29, 0.717) is 30.4 Å². The minimum atomic E-state index is 0.00430. The summed E-state index contributed by atoms with van der Waals surface area (Å²) in [5, 5.41) is 8.20. The Balaban J connectivity index is 1.90. The van der Waals surface area contributed by atoms with Gasteiger partial charge in [-0.3, -0.25) is 4.79 Å². The topological polar surface area (TPSA) is 59.2 Å². The van der Waals surface area contributed by atoms with Gasteiger partial charge in [-0.05, 0) is 44.2 Å². The van der Waals surface area contributed by atoms with Crippen LogP contribution in [0.2, 0.25) is 0 Å². The van der Waals surface area contributed by atoms with E-state index in [-0.39, 0.29) is 5.91 Å². The number of rotatable bonds is 5. The summed E-state index contributed by atoms with van der Waals surface area (Å²) in [7, 11) is 0. The first-order chi connectivity index (χ1) is 11.7. The highest BCUT2D eigenvalue weighted by molar-refractivity contribution is 5.95.